The van der Waals surface area contributed by atoms with Crippen LogP contribution >= 0.6 is 0 Å². The SMILES string of the molecule is CCC(C)CNCCOC1(C)CNC1. The predicted octanol–water partition coefficient (Wildman–Crippen LogP) is 1.00. The van der Waals surface area contributed by atoms with Gasteiger partial charge in [-0.3, -0.25) is 0 Å². The smallest absolute Gasteiger partial charge is 0.0902 e. The van der Waals surface area contributed by atoms with Gasteiger partial charge in [0, 0.05) is 19.6 Å². The lowest BCUT2D eigenvalue weighted by atomic mass is 10.0. The molecule has 1 unspecified atom stereocenters. The molecule has 1 rings (SSSR count). The van der Waals surface area contributed by atoms with Gasteiger partial charge in [-0.05, 0) is 19.4 Å². The van der Waals surface area contributed by atoms with Crippen LogP contribution in [0, 0.1) is 5.92 Å². The van der Waals surface area contributed by atoms with E-state index in [9.17, 15) is 0 Å². The van der Waals surface area contributed by atoms with Crippen LogP contribution in [0.4, 0.5) is 0 Å². The normalized spacial score (nSPS) is 21.6. The van der Waals surface area contributed by atoms with Gasteiger partial charge in [0.05, 0.1) is 12.2 Å². The Morgan fingerprint density at radius 1 is 1.50 bits per heavy atom. The monoisotopic (exact) mass is 200 g/mol. The molecule has 2 N–H and O–H groups in total. The van der Waals surface area contributed by atoms with Gasteiger partial charge in [0.25, 0.3) is 0 Å². The van der Waals surface area contributed by atoms with Gasteiger partial charge in [-0.2, -0.15) is 0 Å². The van der Waals surface area contributed by atoms with Gasteiger partial charge >= 0.3 is 0 Å². The molecule has 0 aromatic rings. The molecule has 1 fully saturated rings. The molecule has 84 valence electrons. The number of hydrogen-bond donors (Lipinski definition) is 2. The van der Waals surface area contributed by atoms with E-state index in [2.05, 4.69) is 31.4 Å². The number of ether oxygens (including phenoxy) is 1. The highest BCUT2D eigenvalue weighted by Gasteiger charge is 2.31. The summed E-state index contributed by atoms with van der Waals surface area (Å²) in [5, 5.41) is 6.64. The fourth-order valence-electron chi connectivity index (χ4n) is 1.44. The van der Waals surface area contributed by atoms with E-state index in [1.807, 2.05) is 0 Å². The highest BCUT2D eigenvalue weighted by molar-refractivity contribution is 4.90. The molecule has 0 saturated carbocycles. The molecular weight excluding hydrogens is 176 g/mol. The highest BCUT2D eigenvalue weighted by atomic mass is 16.5. The third-order valence-corrected chi connectivity index (χ3v) is 2.92. The minimum absolute atomic E-state index is 0.109. The number of rotatable bonds is 7. The summed E-state index contributed by atoms with van der Waals surface area (Å²) in [5.41, 5.74) is 0.109. The molecule has 0 radical (unpaired) electrons. The lowest BCUT2D eigenvalue weighted by Crippen LogP contribution is -2.59. The first-order chi connectivity index (χ1) is 6.66. The molecule has 1 heterocycles. The molecule has 0 aliphatic carbocycles. The lowest BCUT2D eigenvalue weighted by Gasteiger charge is -2.39. The summed E-state index contributed by atoms with van der Waals surface area (Å²) in [5.74, 6) is 0.774. The van der Waals surface area contributed by atoms with Crippen molar-refractivity contribution in [2.75, 3.05) is 32.8 Å². The van der Waals surface area contributed by atoms with E-state index in [1.165, 1.54) is 6.42 Å². The summed E-state index contributed by atoms with van der Waals surface area (Å²) < 4.78 is 5.76. The Morgan fingerprint density at radius 3 is 2.71 bits per heavy atom. The van der Waals surface area contributed by atoms with Crippen molar-refractivity contribution < 1.29 is 4.74 Å². The van der Waals surface area contributed by atoms with Crippen molar-refractivity contribution in [3.63, 3.8) is 0 Å². The van der Waals surface area contributed by atoms with Gasteiger partial charge < -0.3 is 15.4 Å². The molecule has 0 aromatic heterocycles. The molecule has 14 heavy (non-hydrogen) atoms. The number of hydrogen-bond acceptors (Lipinski definition) is 3. The third-order valence-electron chi connectivity index (χ3n) is 2.92. The van der Waals surface area contributed by atoms with E-state index in [-0.39, 0.29) is 5.60 Å². The zero-order valence-electron chi connectivity index (χ0n) is 9.73. The third kappa shape index (κ3) is 3.95. The molecule has 0 amide bonds. The minimum atomic E-state index is 0.109. The van der Waals surface area contributed by atoms with Gasteiger partial charge in [-0.25, -0.2) is 0 Å². The molecule has 0 aromatic carbocycles. The second-order valence-corrected chi connectivity index (χ2v) is 4.62. The standard InChI is InChI=1S/C11H24N2O/c1-4-10(2)7-12-5-6-14-11(3)8-13-9-11/h10,12-13H,4-9H2,1-3H3. The highest BCUT2D eigenvalue weighted by Crippen LogP contribution is 2.14. The maximum atomic E-state index is 5.76. The van der Waals surface area contributed by atoms with E-state index >= 15 is 0 Å². The second-order valence-electron chi connectivity index (χ2n) is 4.62. The van der Waals surface area contributed by atoms with E-state index < -0.39 is 0 Å². The topological polar surface area (TPSA) is 33.3 Å². The van der Waals surface area contributed by atoms with E-state index in [4.69, 9.17) is 4.74 Å². The molecule has 1 saturated heterocycles. The number of nitrogens with one attached hydrogen (secondary N) is 2. The fourth-order valence-corrected chi connectivity index (χ4v) is 1.44. The largest absolute Gasteiger partial charge is 0.371 e. The Hall–Kier alpha value is -0.120. The summed E-state index contributed by atoms with van der Waals surface area (Å²) in [4.78, 5) is 0. The van der Waals surface area contributed by atoms with Crippen molar-refractivity contribution in [2.24, 2.45) is 5.92 Å². The zero-order valence-corrected chi connectivity index (χ0v) is 9.73. The van der Waals surface area contributed by atoms with E-state index in [1.54, 1.807) is 0 Å². The summed E-state index contributed by atoms with van der Waals surface area (Å²) in [7, 11) is 0. The average molecular weight is 200 g/mol. The van der Waals surface area contributed by atoms with Crippen LogP contribution in [-0.2, 0) is 4.74 Å². The Morgan fingerprint density at radius 2 is 2.21 bits per heavy atom. The van der Waals surface area contributed by atoms with Crippen molar-refractivity contribution in [3.05, 3.63) is 0 Å². The maximum absolute atomic E-state index is 5.76. The van der Waals surface area contributed by atoms with Crippen LogP contribution < -0.4 is 10.6 Å². The van der Waals surface area contributed by atoms with Crippen molar-refractivity contribution in [1.82, 2.24) is 10.6 Å². The first-order valence-corrected chi connectivity index (χ1v) is 5.72. The lowest BCUT2D eigenvalue weighted by molar-refractivity contribution is -0.0648. The van der Waals surface area contributed by atoms with Crippen molar-refractivity contribution in [1.29, 1.82) is 0 Å². The van der Waals surface area contributed by atoms with Crippen LogP contribution in [0.15, 0.2) is 0 Å². The molecule has 3 heteroatoms. The fraction of sp³-hybridized carbons (Fsp3) is 1.00. The molecule has 0 spiro atoms. The summed E-state index contributed by atoms with van der Waals surface area (Å²) in [6.07, 6.45) is 1.25. The average Bonchev–Trinajstić information content (AvgIpc) is 2.14. The first kappa shape index (κ1) is 12.0. The Balaban J connectivity index is 1.89. The molecular formula is C11H24N2O. The van der Waals surface area contributed by atoms with Crippen molar-refractivity contribution in [2.45, 2.75) is 32.8 Å². The maximum Gasteiger partial charge on any atom is 0.0902 e. The Labute approximate surface area is 87.6 Å². The van der Waals surface area contributed by atoms with Crippen LogP contribution in [0.25, 0.3) is 0 Å². The molecule has 1 aliphatic rings. The minimum Gasteiger partial charge on any atom is -0.371 e. The van der Waals surface area contributed by atoms with Gasteiger partial charge in [0.2, 0.25) is 0 Å². The molecule has 0 bridgehead atoms. The second kappa shape index (κ2) is 5.69. The van der Waals surface area contributed by atoms with Gasteiger partial charge in [-0.1, -0.05) is 20.3 Å². The van der Waals surface area contributed by atoms with Crippen LogP contribution in [0.2, 0.25) is 0 Å². The van der Waals surface area contributed by atoms with Crippen LogP contribution in [0.5, 0.6) is 0 Å². The Bertz CT molecular complexity index is 157. The first-order valence-electron chi connectivity index (χ1n) is 5.72. The molecule has 3 nitrogen and oxygen atoms in total. The summed E-state index contributed by atoms with van der Waals surface area (Å²) in [6.45, 7) is 11.6. The quantitative estimate of drug-likeness (QED) is 0.602. The molecule has 1 atom stereocenters. The van der Waals surface area contributed by atoms with Gasteiger partial charge in [0.15, 0.2) is 0 Å². The van der Waals surface area contributed by atoms with Gasteiger partial charge in [0.1, 0.15) is 0 Å². The zero-order chi connectivity index (χ0) is 10.4. The van der Waals surface area contributed by atoms with Crippen LogP contribution in [-0.4, -0.2) is 38.4 Å². The van der Waals surface area contributed by atoms with Crippen LogP contribution in [0.1, 0.15) is 27.2 Å². The predicted molar refractivity (Wildman–Crippen MR) is 59.6 cm³/mol. The summed E-state index contributed by atoms with van der Waals surface area (Å²) in [6, 6.07) is 0. The van der Waals surface area contributed by atoms with Gasteiger partial charge in [-0.15, -0.1) is 0 Å². The van der Waals surface area contributed by atoms with Crippen molar-refractivity contribution >= 4 is 0 Å². The van der Waals surface area contributed by atoms with E-state index in [0.29, 0.717) is 0 Å². The molecule has 1 aliphatic heterocycles. The van der Waals surface area contributed by atoms with E-state index in [0.717, 1.165) is 38.7 Å². The van der Waals surface area contributed by atoms with Crippen LogP contribution in [0.3, 0.4) is 0 Å². The van der Waals surface area contributed by atoms with Crippen molar-refractivity contribution in [3.8, 4) is 0 Å². The summed E-state index contributed by atoms with van der Waals surface area (Å²) >= 11 is 0. The Kier molecular flexibility index (Phi) is 4.85.